The topological polar surface area (TPSA) is 58.1 Å². The number of rotatable bonds is 3. The van der Waals surface area contributed by atoms with Gasteiger partial charge in [-0.05, 0) is 48.7 Å². The molecule has 0 unspecified atom stereocenters. The Hall–Kier alpha value is -2.92. The number of nitrogens with zero attached hydrogens (tertiary/aromatic N) is 3. The first kappa shape index (κ1) is 17.5. The number of carbonyl (C=O) groups is 1. The smallest absolute Gasteiger partial charge is 0.274 e. The largest absolute Gasteiger partial charge is 0.352 e. The van der Waals surface area contributed by atoms with Crippen LogP contribution in [-0.2, 0) is 13.0 Å². The van der Waals surface area contributed by atoms with Gasteiger partial charge < -0.3 is 10.2 Å². The van der Waals surface area contributed by atoms with Crippen LogP contribution in [0.4, 0.5) is 11.5 Å². The molecule has 0 fully saturated rings. The molecule has 1 N–H and O–H groups in total. The lowest BCUT2D eigenvalue weighted by atomic mass is 10.00. The molecule has 1 amide bonds. The van der Waals surface area contributed by atoms with Crippen molar-refractivity contribution in [3.63, 3.8) is 0 Å². The van der Waals surface area contributed by atoms with Crippen LogP contribution in [0.25, 0.3) is 0 Å². The van der Waals surface area contributed by atoms with E-state index in [2.05, 4.69) is 44.5 Å². The summed E-state index contributed by atoms with van der Waals surface area (Å²) in [6.45, 7) is 3.46. The van der Waals surface area contributed by atoms with E-state index < -0.39 is 0 Å². The molecule has 3 aromatic rings. The molecule has 0 spiro atoms. The first-order chi connectivity index (χ1) is 13.1. The van der Waals surface area contributed by atoms with E-state index in [1.807, 2.05) is 0 Å². The molecule has 1 aliphatic rings. The normalized spacial score (nSPS) is 13.2. The zero-order chi connectivity index (χ0) is 18.8. The lowest BCUT2D eigenvalue weighted by Crippen LogP contribution is -2.31. The van der Waals surface area contributed by atoms with Gasteiger partial charge >= 0.3 is 0 Å². The average molecular weight is 379 g/mol. The maximum absolute atomic E-state index is 12.6. The van der Waals surface area contributed by atoms with E-state index in [0.717, 1.165) is 25.3 Å². The van der Waals surface area contributed by atoms with Crippen molar-refractivity contribution in [2.24, 2.45) is 0 Å². The van der Waals surface area contributed by atoms with Crippen LogP contribution in [0.5, 0.6) is 0 Å². The summed E-state index contributed by atoms with van der Waals surface area (Å²) in [5.41, 5.74) is 3.70. The molecule has 0 saturated carbocycles. The Morgan fingerprint density at radius 1 is 1.07 bits per heavy atom. The van der Waals surface area contributed by atoms with E-state index in [4.69, 9.17) is 11.6 Å². The summed E-state index contributed by atoms with van der Waals surface area (Å²) in [5, 5.41) is 3.48. The molecule has 2 aromatic carbocycles. The predicted octanol–water partition coefficient (Wildman–Crippen LogP) is 4.25. The summed E-state index contributed by atoms with van der Waals surface area (Å²) in [6, 6.07) is 17.2. The Labute approximate surface area is 163 Å². The summed E-state index contributed by atoms with van der Waals surface area (Å²) in [6.07, 6.45) is 0.964. The standard InChI is InChI=1S/C21H19ClN4O/c1-14-23-19(21(27)25-18-8-6-17(22)7-9-18)12-20(24-14)26-11-10-15-4-2-3-5-16(15)13-26/h2-9,12H,10-11,13H2,1H3,(H,25,27). The van der Waals surface area contributed by atoms with Gasteiger partial charge in [0.1, 0.15) is 17.3 Å². The Balaban J connectivity index is 1.56. The van der Waals surface area contributed by atoms with E-state index in [0.29, 0.717) is 22.2 Å². The molecule has 0 atom stereocenters. The number of fused-ring (bicyclic) bond motifs is 1. The number of halogens is 1. The van der Waals surface area contributed by atoms with Gasteiger partial charge in [0.2, 0.25) is 0 Å². The predicted molar refractivity (Wildman–Crippen MR) is 107 cm³/mol. The van der Waals surface area contributed by atoms with Crippen LogP contribution >= 0.6 is 11.6 Å². The van der Waals surface area contributed by atoms with Crippen molar-refractivity contribution in [3.8, 4) is 0 Å². The van der Waals surface area contributed by atoms with Crippen molar-refractivity contribution in [1.82, 2.24) is 9.97 Å². The van der Waals surface area contributed by atoms with E-state index in [9.17, 15) is 4.79 Å². The van der Waals surface area contributed by atoms with Gasteiger partial charge in [-0.15, -0.1) is 0 Å². The van der Waals surface area contributed by atoms with Crippen molar-refractivity contribution < 1.29 is 4.79 Å². The molecule has 136 valence electrons. The van der Waals surface area contributed by atoms with Gasteiger partial charge in [0.25, 0.3) is 5.91 Å². The number of hydrogen-bond donors (Lipinski definition) is 1. The second-order valence-corrected chi connectivity index (χ2v) is 7.00. The van der Waals surface area contributed by atoms with Gasteiger partial charge in [-0.2, -0.15) is 0 Å². The van der Waals surface area contributed by atoms with E-state index in [1.165, 1.54) is 11.1 Å². The van der Waals surface area contributed by atoms with Gasteiger partial charge in [0.05, 0.1) is 0 Å². The Bertz CT molecular complexity index is 988. The fourth-order valence-corrected chi connectivity index (χ4v) is 3.38. The fraction of sp³-hybridized carbons (Fsp3) is 0.190. The highest BCUT2D eigenvalue weighted by atomic mass is 35.5. The number of aryl methyl sites for hydroxylation is 1. The molecule has 0 radical (unpaired) electrons. The number of benzene rings is 2. The summed E-state index contributed by atoms with van der Waals surface area (Å²) in [5.74, 6) is 1.09. The zero-order valence-corrected chi connectivity index (χ0v) is 15.7. The van der Waals surface area contributed by atoms with Gasteiger partial charge in [-0.25, -0.2) is 9.97 Å². The van der Waals surface area contributed by atoms with Gasteiger partial charge in [-0.3, -0.25) is 4.79 Å². The number of aromatic nitrogens is 2. The van der Waals surface area contributed by atoms with Crippen LogP contribution in [0.3, 0.4) is 0 Å². The van der Waals surface area contributed by atoms with Crippen molar-refractivity contribution in [2.45, 2.75) is 19.9 Å². The second-order valence-electron chi connectivity index (χ2n) is 6.56. The zero-order valence-electron chi connectivity index (χ0n) is 14.9. The molecule has 0 aliphatic carbocycles. The third-order valence-electron chi connectivity index (χ3n) is 4.61. The molecule has 4 rings (SSSR count). The maximum atomic E-state index is 12.6. The first-order valence-corrected chi connectivity index (χ1v) is 9.20. The first-order valence-electron chi connectivity index (χ1n) is 8.83. The Morgan fingerprint density at radius 3 is 2.59 bits per heavy atom. The van der Waals surface area contributed by atoms with E-state index >= 15 is 0 Å². The monoisotopic (exact) mass is 378 g/mol. The Morgan fingerprint density at radius 2 is 1.81 bits per heavy atom. The van der Waals surface area contributed by atoms with Crippen molar-refractivity contribution in [1.29, 1.82) is 0 Å². The van der Waals surface area contributed by atoms with Crippen molar-refractivity contribution in [2.75, 3.05) is 16.8 Å². The molecule has 0 bridgehead atoms. The molecule has 1 aliphatic heterocycles. The highest BCUT2D eigenvalue weighted by Gasteiger charge is 2.19. The fourth-order valence-electron chi connectivity index (χ4n) is 3.25. The minimum absolute atomic E-state index is 0.263. The van der Waals surface area contributed by atoms with Crippen LogP contribution in [0, 0.1) is 6.92 Å². The molecular weight excluding hydrogens is 360 g/mol. The average Bonchev–Trinajstić information content (AvgIpc) is 2.69. The van der Waals surface area contributed by atoms with Crippen molar-refractivity contribution in [3.05, 3.63) is 82.3 Å². The van der Waals surface area contributed by atoms with Gasteiger partial charge in [0, 0.05) is 29.9 Å². The third-order valence-corrected chi connectivity index (χ3v) is 4.87. The molecule has 0 saturated heterocycles. The number of carbonyl (C=O) groups excluding carboxylic acids is 1. The summed E-state index contributed by atoms with van der Waals surface area (Å²) < 4.78 is 0. The quantitative estimate of drug-likeness (QED) is 0.740. The number of amides is 1. The van der Waals surface area contributed by atoms with Crippen LogP contribution in [0.2, 0.25) is 5.02 Å². The third kappa shape index (κ3) is 3.93. The Kier molecular flexibility index (Phi) is 4.77. The highest BCUT2D eigenvalue weighted by molar-refractivity contribution is 6.30. The van der Waals surface area contributed by atoms with Gasteiger partial charge in [0.15, 0.2) is 0 Å². The van der Waals surface area contributed by atoms with Gasteiger partial charge in [-0.1, -0.05) is 35.9 Å². The maximum Gasteiger partial charge on any atom is 0.274 e. The lowest BCUT2D eigenvalue weighted by Gasteiger charge is -2.30. The van der Waals surface area contributed by atoms with Crippen molar-refractivity contribution >= 4 is 29.0 Å². The number of anilines is 2. The minimum atomic E-state index is -0.263. The van der Waals surface area contributed by atoms with Crippen LogP contribution in [-0.4, -0.2) is 22.4 Å². The summed E-state index contributed by atoms with van der Waals surface area (Å²) in [4.78, 5) is 23.7. The highest BCUT2D eigenvalue weighted by Crippen LogP contribution is 2.24. The SMILES string of the molecule is Cc1nc(C(=O)Nc2ccc(Cl)cc2)cc(N2CCc3ccccc3C2)n1. The lowest BCUT2D eigenvalue weighted by molar-refractivity contribution is 0.102. The molecule has 6 heteroatoms. The molecule has 1 aromatic heterocycles. The minimum Gasteiger partial charge on any atom is -0.352 e. The number of hydrogen-bond acceptors (Lipinski definition) is 4. The summed E-state index contributed by atoms with van der Waals surface area (Å²) >= 11 is 5.89. The molecule has 2 heterocycles. The van der Waals surface area contributed by atoms with Crippen LogP contribution in [0.1, 0.15) is 27.4 Å². The number of nitrogens with one attached hydrogen (secondary N) is 1. The van der Waals surface area contributed by atoms with Crippen LogP contribution in [0.15, 0.2) is 54.6 Å². The van der Waals surface area contributed by atoms with E-state index in [-0.39, 0.29) is 5.91 Å². The second kappa shape index (κ2) is 7.37. The van der Waals surface area contributed by atoms with Crippen LogP contribution < -0.4 is 10.2 Å². The van der Waals surface area contributed by atoms with E-state index in [1.54, 1.807) is 37.3 Å². The molecule has 5 nitrogen and oxygen atoms in total. The molecular formula is C21H19ClN4O. The summed E-state index contributed by atoms with van der Waals surface area (Å²) in [7, 11) is 0. The molecule has 27 heavy (non-hydrogen) atoms.